The summed E-state index contributed by atoms with van der Waals surface area (Å²) in [5.41, 5.74) is 16.5. The number of nitrogens with two attached hydrogens (primary N) is 2. The van der Waals surface area contributed by atoms with E-state index in [0.29, 0.717) is 36.1 Å². The summed E-state index contributed by atoms with van der Waals surface area (Å²) >= 11 is 0. The summed E-state index contributed by atoms with van der Waals surface area (Å²) < 4.78 is 22.4. The Morgan fingerprint density at radius 2 is 1.09 bits per heavy atom. The topological polar surface area (TPSA) is 95.6 Å². The predicted molar refractivity (Wildman–Crippen MR) is 126 cm³/mol. The maximum atomic E-state index is 6.63. The smallest absolute Gasteiger partial charge is 0.143 e. The van der Waals surface area contributed by atoms with E-state index >= 15 is 0 Å². The lowest BCUT2D eigenvalue weighted by atomic mass is 9.92. The van der Waals surface area contributed by atoms with Gasteiger partial charge >= 0.3 is 0 Å². The first-order chi connectivity index (χ1) is 15.7. The molecule has 6 rings (SSSR count). The first-order valence-electron chi connectivity index (χ1n) is 10.8. The summed E-state index contributed by atoms with van der Waals surface area (Å²) in [4.78, 5) is 0. The summed E-state index contributed by atoms with van der Waals surface area (Å²) in [6.45, 7) is 2.49. The van der Waals surface area contributed by atoms with Crippen LogP contribution in [-0.4, -0.2) is 38.6 Å². The molecule has 2 aliphatic rings. The van der Waals surface area contributed by atoms with Gasteiger partial charge in [-0.1, -0.05) is 48.5 Å². The van der Waals surface area contributed by atoms with Crippen molar-refractivity contribution in [3.8, 4) is 22.6 Å². The zero-order valence-electron chi connectivity index (χ0n) is 17.5. The van der Waals surface area contributed by atoms with Crippen LogP contribution in [0.1, 0.15) is 0 Å². The molecular weight excluding hydrogens is 404 g/mol. The van der Waals surface area contributed by atoms with Crippen molar-refractivity contribution in [1.82, 2.24) is 0 Å². The van der Waals surface area contributed by atoms with Crippen molar-refractivity contribution >= 4 is 32.9 Å². The minimum absolute atomic E-state index is 0.165. The van der Waals surface area contributed by atoms with E-state index in [2.05, 4.69) is 24.3 Å². The molecule has 0 bridgehead atoms. The zero-order chi connectivity index (χ0) is 21.7. The van der Waals surface area contributed by atoms with Crippen molar-refractivity contribution < 1.29 is 18.9 Å². The van der Waals surface area contributed by atoms with Crippen LogP contribution in [0.25, 0.3) is 32.7 Å². The van der Waals surface area contributed by atoms with Gasteiger partial charge in [-0.3, -0.25) is 0 Å². The van der Waals surface area contributed by atoms with Gasteiger partial charge in [-0.2, -0.15) is 0 Å². The Bertz CT molecular complexity index is 1230. The molecule has 4 aromatic rings. The van der Waals surface area contributed by atoms with Crippen LogP contribution in [0.4, 0.5) is 11.4 Å². The molecular formula is C26H24N2O4. The number of hydrogen-bond donors (Lipinski definition) is 2. The zero-order valence-corrected chi connectivity index (χ0v) is 17.5. The molecule has 2 fully saturated rings. The molecule has 4 N–H and O–H groups in total. The molecule has 0 aromatic heterocycles. The van der Waals surface area contributed by atoms with E-state index in [4.69, 9.17) is 30.4 Å². The number of anilines is 2. The van der Waals surface area contributed by atoms with E-state index in [1.165, 1.54) is 0 Å². The maximum absolute atomic E-state index is 6.63. The molecule has 2 unspecified atom stereocenters. The molecule has 2 heterocycles. The minimum atomic E-state index is 0.165. The van der Waals surface area contributed by atoms with Crippen molar-refractivity contribution in [2.45, 2.75) is 12.2 Å². The maximum Gasteiger partial charge on any atom is 0.143 e. The Morgan fingerprint density at radius 1 is 0.656 bits per heavy atom. The highest BCUT2D eigenvalue weighted by molar-refractivity contribution is 6.14. The summed E-state index contributed by atoms with van der Waals surface area (Å²) in [5, 5.41) is 3.99. The average Bonchev–Trinajstić information content (AvgIpc) is 3.73. The van der Waals surface area contributed by atoms with Gasteiger partial charge in [0, 0.05) is 10.8 Å². The molecule has 6 nitrogen and oxygen atoms in total. The molecule has 32 heavy (non-hydrogen) atoms. The van der Waals surface area contributed by atoms with Crippen LogP contribution in [0.3, 0.4) is 0 Å². The third kappa shape index (κ3) is 3.47. The molecule has 2 saturated heterocycles. The van der Waals surface area contributed by atoms with Gasteiger partial charge in [-0.25, -0.2) is 0 Å². The van der Waals surface area contributed by atoms with E-state index in [1.807, 2.05) is 36.4 Å². The van der Waals surface area contributed by atoms with Crippen LogP contribution >= 0.6 is 0 Å². The third-order valence-corrected chi connectivity index (χ3v) is 6.04. The Morgan fingerprint density at radius 3 is 1.50 bits per heavy atom. The first kappa shape index (κ1) is 19.2. The second kappa shape index (κ2) is 7.58. The number of benzene rings is 4. The molecule has 2 atom stereocenters. The second-order valence-corrected chi connectivity index (χ2v) is 8.29. The quantitative estimate of drug-likeness (QED) is 0.335. The number of fused-ring (bicyclic) bond motifs is 2. The van der Waals surface area contributed by atoms with Crippen molar-refractivity contribution in [1.29, 1.82) is 0 Å². The van der Waals surface area contributed by atoms with Gasteiger partial charge in [0.25, 0.3) is 0 Å². The minimum Gasteiger partial charge on any atom is -0.489 e. The standard InChI is InChI=1S/C26H24N2O4/c27-25-21(31-13-17-11-29-17)9-7-15-3-1-5-19(23(15)25)20-6-2-4-16-8-10-22(26(28)24(16)20)32-14-18-12-30-18/h1-10,17-18H,11-14,27-28H2. The fourth-order valence-electron chi connectivity index (χ4n) is 4.17. The fraction of sp³-hybridized carbons (Fsp3) is 0.231. The number of rotatable bonds is 7. The predicted octanol–water partition coefficient (Wildman–Crippen LogP) is 4.38. The van der Waals surface area contributed by atoms with E-state index in [0.717, 1.165) is 45.9 Å². The van der Waals surface area contributed by atoms with Gasteiger partial charge in [-0.05, 0) is 34.0 Å². The molecule has 0 spiro atoms. The van der Waals surface area contributed by atoms with Crippen LogP contribution < -0.4 is 20.9 Å². The normalized spacial score (nSPS) is 19.2. The van der Waals surface area contributed by atoms with E-state index in [-0.39, 0.29) is 12.2 Å². The van der Waals surface area contributed by atoms with Gasteiger partial charge in [-0.15, -0.1) is 0 Å². The van der Waals surface area contributed by atoms with Gasteiger partial charge < -0.3 is 30.4 Å². The lowest BCUT2D eigenvalue weighted by Gasteiger charge is -2.17. The highest BCUT2D eigenvalue weighted by atomic mass is 16.6. The van der Waals surface area contributed by atoms with Crippen molar-refractivity contribution in [3.63, 3.8) is 0 Å². The third-order valence-electron chi connectivity index (χ3n) is 6.04. The van der Waals surface area contributed by atoms with E-state index < -0.39 is 0 Å². The summed E-state index contributed by atoms with van der Waals surface area (Å²) in [5.74, 6) is 1.34. The first-order valence-corrected chi connectivity index (χ1v) is 10.8. The molecule has 0 radical (unpaired) electrons. The van der Waals surface area contributed by atoms with Crippen LogP contribution in [-0.2, 0) is 9.47 Å². The number of epoxide rings is 2. The molecule has 0 aliphatic carbocycles. The van der Waals surface area contributed by atoms with Crippen molar-refractivity contribution in [2.75, 3.05) is 37.9 Å². The number of nitrogen functional groups attached to an aromatic ring is 2. The molecule has 2 aliphatic heterocycles. The number of hydrogen-bond acceptors (Lipinski definition) is 6. The van der Waals surface area contributed by atoms with Crippen molar-refractivity contribution in [3.05, 3.63) is 60.7 Å². The van der Waals surface area contributed by atoms with E-state index in [1.54, 1.807) is 0 Å². The largest absolute Gasteiger partial charge is 0.489 e. The van der Waals surface area contributed by atoms with Crippen LogP contribution in [0.15, 0.2) is 60.7 Å². The Balaban J connectivity index is 1.50. The summed E-state index contributed by atoms with van der Waals surface area (Å²) in [6.07, 6.45) is 0.329. The highest BCUT2D eigenvalue weighted by Gasteiger charge is 2.25. The lowest BCUT2D eigenvalue weighted by Crippen LogP contribution is -2.06. The van der Waals surface area contributed by atoms with Crippen molar-refractivity contribution in [2.24, 2.45) is 0 Å². The Labute approximate surface area is 185 Å². The Kier molecular flexibility index (Phi) is 4.56. The SMILES string of the molecule is Nc1c(OCC2CO2)ccc2cccc(-c3cccc4ccc(OCC5CO5)c(N)c34)c12. The van der Waals surface area contributed by atoms with E-state index in [9.17, 15) is 0 Å². The van der Waals surface area contributed by atoms with Gasteiger partial charge in [0.15, 0.2) is 0 Å². The highest BCUT2D eigenvalue weighted by Crippen LogP contribution is 2.43. The molecule has 6 heteroatoms. The summed E-state index contributed by atoms with van der Waals surface area (Å²) in [6, 6.07) is 20.3. The van der Waals surface area contributed by atoms with Gasteiger partial charge in [0.1, 0.15) is 36.9 Å². The fourth-order valence-corrected chi connectivity index (χ4v) is 4.17. The Hall–Kier alpha value is -3.48. The number of ether oxygens (including phenoxy) is 4. The summed E-state index contributed by atoms with van der Waals surface area (Å²) in [7, 11) is 0. The molecule has 0 amide bonds. The van der Waals surface area contributed by atoms with Crippen LogP contribution in [0, 0.1) is 0 Å². The monoisotopic (exact) mass is 428 g/mol. The van der Waals surface area contributed by atoms with Crippen LogP contribution in [0.5, 0.6) is 11.5 Å². The molecule has 162 valence electrons. The lowest BCUT2D eigenvalue weighted by molar-refractivity contribution is 0.264. The second-order valence-electron chi connectivity index (χ2n) is 8.29. The molecule has 0 saturated carbocycles. The molecule has 4 aromatic carbocycles. The van der Waals surface area contributed by atoms with Gasteiger partial charge in [0.2, 0.25) is 0 Å². The average molecular weight is 428 g/mol. The van der Waals surface area contributed by atoms with Gasteiger partial charge in [0.05, 0.1) is 24.6 Å². The van der Waals surface area contributed by atoms with Crippen LogP contribution in [0.2, 0.25) is 0 Å².